The lowest BCUT2D eigenvalue weighted by Gasteiger charge is -2.04. The molecule has 0 aliphatic carbocycles. The Kier molecular flexibility index (Phi) is 3.48. The fourth-order valence-electron chi connectivity index (χ4n) is 1.58. The van der Waals surface area contributed by atoms with Crippen LogP contribution >= 0.6 is 0 Å². The Morgan fingerprint density at radius 3 is 2.50 bits per heavy atom. The van der Waals surface area contributed by atoms with E-state index in [1.54, 1.807) is 24.4 Å². The summed E-state index contributed by atoms with van der Waals surface area (Å²) in [4.78, 5) is 26.0. The van der Waals surface area contributed by atoms with Crippen molar-refractivity contribution in [2.45, 2.75) is 0 Å². The van der Waals surface area contributed by atoms with Crippen LogP contribution in [0.2, 0.25) is 0 Å². The van der Waals surface area contributed by atoms with Gasteiger partial charge in [-0.2, -0.15) is 0 Å². The Labute approximate surface area is 104 Å². The number of ether oxygens (including phenoxy) is 1. The molecule has 0 unspecified atom stereocenters. The minimum absolute atomic E-state index is 0.398. The highest BCUT2D eigenvalue weighted by Crippen LogP contribution is 2.19. The molecule has 0 spiro atoms. The summed E-state index contributed by atoms with van der Waals surface area (Å²) in [5, 5.41) is 0. The normalized spacial score (nSPS) is 9.83. The van der Waals surface area contributed by atoms with Crippen molar-refractivity contribution in [2.24, 2.45) is 0 Å². The number of aldehydes is 1. The lowest BCUT2D eigenvalue weighted by atomic mass is 10.0. The summed E-state index contributed by atoms with van der Waals surface area (Å²) in [6, 6.07) is 8.75. The maximum atomic E-state index is 11.4. The first-order chi connectivity index (χ1) is 8.74. The van der Waals surface area contributed by atoms with Crippen molar-refractivity contribution in [3.63, 3.8) is 0 Å². The van der Waals surface area contributed by atoms with Crippen LogP contribution in [-0.2, 0) is 4.74 Å². The third kappa shape index (κ3) is 2.43. The van der Waals surface area contributed by atoms with Crippen LogP contribution < -0.4 is 0 Å². The average molecular weight is 241 g/mol. The molecule has 2 rings (SSSR count). The second-order valence-corrected chi connectivity index (χ2v) is 3.69. The predicted octanol–water partition coefficient (Wildman–Crippen LogP) is 2.35. The maximum absolute atomic E-state index is 11.4. The molecule has 0 amide bonds. The van der Waals surface area contributed by atoms with E-state index in [2.05, 4.69) is 9.72 Å². The van der Waals surface area contributed by atoms with Gasteiger partial charge in [0.15, 0.2) is 0 Å². The number of carbonyl (C=O) groups excluding carboxylic acids is 2. The van der Waals surface area contributed by atoms with Crippen LogP contribution in [0.3, 0.4) is 0 Å². The molecule has 1 heterocycles. The van der Waals surface area contributed by atoms with Gasteiger partial charge >= 0.3 is 5.97 Å². The first-order valence-electron chi connectivity index (χ1n) is 5.33. The van der Waals surface area contributed by atoms with E-state index in [4.69, 9.17) is 0 Å². The first-order valence-corrected chi connectivity index (χ1v) is 5.33. The third-order valence-electron chi connectivity index (χ3n) is 2.54. The standard InChI is InChI=1S/C14H11NO3/c1-18-14(17)13-6-12(7-15-8-13)11-4-2-10(9-16)3-5-11/h2-9H,1H3. The van der Waals surface area contributed by atoms with E-state index in [-0.39, 0.29) is 0 Å². The molecule has 1 aromatic carbocycles. The van der Waals surface area contributed by atoms with E-state index >= 15 is 0 Å². The topological polar surface area (TPSA) is 56.3 Å². The number of carbonyl (C=O) groups is 2. The number of rotatable bonds is 3. The number of aromatic nitrogens is 1. The molecule has 4 heteroatoms. The monoisotopic (exact) mass is 241 g/mol. The summed E-state index contributed by atoms with van der Waals surface area (Å²) in [5.41, 5.74) is 2.69. The molecule has 4 nitrogen and oxygen atoms in total. The second kappa shape index (κ2) is 5.23. The molecule has 0 saturated carbocycles. The van der Waals surface area contributed by atoms with Crippen LogP contribution in [-0.4, -0.2) is 24.3 Å². The largest absolute Gasteiger partial charge is 0.465 e. The Morgan fingerprint density at radius 2 is 1.89 bits per heavy atom. The molecule has 18 heavy (non-hydrogen) atoms. The highest BCUT2D eigenvalue weighted by atomic mass is 16.5. The lowest BCUT2D eigenvalue weighted by molar-refractivity contribution is 0.0600. The lowest BCUT2D eigenvalue weighted by Crippen LogP contribution is -2.01. The van der Waals surface area contributed by atoms with Gasteiger partial charge in [-0.05, 0) is 11.6 Å². The highest BCUT2D eigenvalue weighted by Gasteiger charge is 2.07. The molecule has 0 fully saturated rings. The molecule has 0 atom stereocenters. The van der Waals surface area contributed by atoms with E-state index in [0.29, 0.717) is 11.1 Å². The molecule has 0 N–H and O–H groups in total. The van der Waals surface area contributed by atoms with E-state index in [0.717, 1.165) is 17.4 Å². The minimum Gasteiger partial charge on any atom is -0.465 e. The van der Waals surface area contributed by atoms with Crippen molar-refractivity contribution in [3.8, 4) is 11.1 Å². The summed E-state index contributed by atoms with van der Waals surface area (Å²) in [7, 11) is 1.33. The van der Waals surface area contributed by atoms with E-state index in [1.165, 1.54) is 13.3 Å². The molecular weight excluding hydrogens is 230 g/mol. The molecule has 2 aromatic rings. The van der Waals surface area contributed by atoms with Crippen LogP contribution in [0.4, 0.5) is 0 Å². The number of pyridine rings is 1. The van der Waals surface area contributed by atoms with Crippen molar-refractivity contribution < 1.29 is 14.3 Å². The molecular formula is C14H11NO3. The van der Waals surface area contributed by atoms with Gasteiger partial charge in [-0.3, -0.25) is 9.78 Å². The number of nitrogens with zero attached hydrogens (tertiary/aromatic N) is 1. The van der Waals surface area contributed by atoms with Gasteiger partial charge in [-0.25, -0.2) is 4.79 Å². The number of benzene rings is 1. The van der Waals surface area contributed by atoms with Crippen molar-refractivity contribution in [1.82, 2.24) is 4.98 Å². The number of esters is 1. The summed E-state index contributed by atoms with van der Waals surface area (Å²) in [6.07, 6.45) is 3.89. The van der Waals surface area contributed by atoms with Crippen molar-refractivity contribution in [2.75, 3.05) is 7.11 Å². The molecule has 90 valence electrons. The van der Waals surface area contributed by atoms with Gasteiger partial charge in [0.1, 0.15) is 6.29 Å². The van der Waals surface area contributed by atoms with Crippen molar-refractivity contribution in [1.29, 1.82) is 0 Å². The van der Waals surface area contributed by atoms with Crippen LogP contribution in [0.1, 0.15) is 20.7 Å². The van der Waals surface area contributed by atoms with Crippen LogP contribution in [0.25, 0.3) is 11.1 Å². The fourth-order valence-corrected chi connectivity index (χ4v) is 1.58. The minimum atomic E-state index is -0.422. The number of methoxy groups -OCH3 is 1. The van der Waals surface area contributed by atoms with Gasteiger partial charge in [0.2, 0.25) is 0 Å². The van der Waals surface area contributed by atoms with E-state index in [9.17, 15) is 9.59 Å². The maximum Gasteiger partial charge on any atom is 0.339 e. The summed E-state index contributed by atoms with van der Waals surface area (Å²) < 4.78 is 4.64. The molecule has 0 saturated heterocycles. The van der Waals surface area contributed by atoms with Crippen molar-refractivity contribution in [3.05, 3.63) is 53.9 Å². The van der Waals surface area contributed by atoms with Gasteiger partial charge in [0.05, 0.1) is 12.7 Å². The Balaban J connectivity index is 2.37. The Bertz CT molecular complexity index is 576. The van der Waals surface area contributed by atoms with E-state index in [1.807, 2.05) is 12.1 Å². The molecule has 0 bridgehead atoms. The molecule has 0 aliphatic rings. The van der Waals surface area contributed by atoms with Gasteiger partial charge < -0.3 is 4.74 Å². The predicted molar refractivity (Wildman–Crippen MR) is 66.4 cm³/mol. The number of hydrogen-bond donors (Lipinski definition) is 0. The van der Waals surface area contributed by atoms with E-state index < -0.39 is 5.97 Å². The Hall–Kier alpha value is -2.49. The fraction of sp³-hybridized carbons (Fsp3) is 0.0714. The van der Waals surface area contributed by atoms with Crippen molar-refractivity contribution >= 4 is 12.3 Å². The molecule has 0 radical (unpaired) electrons. The zero-order valence-electron chi connectivity index (χ0n) is 9.79. The summed E-state index contributed by atoms with van der Waals surface area (Å²) >= 11 is 0. The second-order valence-electron chi connectivity index (χ2n) is 3.69. The van der Waals surface area contributed by atoms with Gasteiger partial charge in [0.25, 0.3) is 0 Å². The average Bonchev–Trinajstić information content (AvgIpc) is 2.46. The molecule has 0 aliphatic heterocycles. The third-order valence-corrected chi connectivity index (χ3v) is 2.54. The Morgan fingerprint density at radius 1 is 1.17 bits per heavy atom. The number of hydrogen-bond acceptors (Lipinski definition) is 4. The highest BCUT2D eigenvalue weighted by molar-refractivity contribution is 5.90. The molecule has 1 aromatic heterocycles. The SMILES string of the molecule is COC(=O)c1cncc(-c2ccc(C=O)cc2)c1. The summed E-state index contributed by atoms with van der Waals surface area (Å²) in [6.45, 7) is 0. The van der Waals surface area contributed by atoms with Gasteiger partial charge in [-0.15, -0.1) is 0 Å². The zero-order chi connectivity index (χ0) is 13.0. The summed E-state index contributed by atoms with van der Waals surface area (Å²) in [5.74, 6) is -0.422. The van der Waals surface area contributed by atoms with Crippen LogP contribution in [0.5, 0.6) is 0 Å². The zero-order valence-corrected chi connectivity index (χ0v) is 9.79. The van der Waals surface area contributed by atoms with Gasteiger partial charge in [-0.1, -0.05) is 24.3 Å². The van der Waals surface area contributed by atoms with Crippen LogP contribution in [0.15, 0.2) is 42.7 Å². The quantitative estimate of drug-likeness (QED) is 0.611. The smallest absolute Gasteiger partial charge is 0.339 e. The first kappa shape index (κ1) is 12.0. The van der Waals surface area contributed by atoms with Gasteiger partial charge in [0, 0.05) is 23.5 Å². The van der Waals surface area contributed by atoms with Crippen LogP contribution in [0, 0.1) is 0 Å².